The Bertz CT molecular complexity index is 342. The number of hydrogen-bond donors (Lipinski definition) is 2. The molecule has 1 rings (SSSR count). The first-order valence-electron chi connectivity index (χ1n) is 4.88. The summed E-state index contributed by atoms with van der Waals surface area (Å²) in [6.45, 7) is 7.09. The molecule has 86 valence electrons. The van der Waals surface area contributed by atoms with Crippen LogP contribution >= 0.6 is 15.9 Å². The Hall–Kier alpha value is -0.390. The molecule has 0 bridgehead atoms. The van der Waals surface area contributed by atoms with E-state index in [1.807, 2.05) is 13.8 Å². The number of rotatable bonds is 3. The molecule has 4 nitrogen and oxygen atoms in total. The third-order valence-electron chi connectivity index (χ3n) is 2.20. The fourth-order valence-corrected chi connectivity index (χ4v) is 1.84. The zero-order chi connectivity index (χ0) is 11.8. The maximum atomic E-state index is 10.0. The van der Waals surface area contributed by atoms with Gasteiger partial charge in [-0.1, -0.05) is 0 Å². The minimum Gasteiger partial charge on any atom is -0.387 e. The molecular formula is C10H17BrN2O2. The Morgan fingerprint density at radius 2 is 2.00 bits per heavy atom. The largest absolute Gasteiger partial charge is 0.387 e. The maximum absolute atomic E-state index is 10.0. The van der Waals surface area contributed by atoms with Crippen molar-refractivity contribution in [2.75, 3.05) is 0 Å². The number of aliphatic hydroxyl groups excluding tert-OH is 1. The van der Waals surface area contributed by atoms with E-state index in [0.29, 0.717) is 10.2 Å². The van der Waals surface area contributed by atoms with Gasteiger partial charge in [0.05, 0.1) is 22.0 Å². The van der Waals surface area contributed by atoms with Gasteiger partial charge < -0.3 is 10.2 Å². The van der Waals surface area contributed by atoms with Gasteiger partial charge in [-0.05, 0) is 43.6 Å². The molecule has 1 aromatic heterocycles. The highest BCUT2D eigenvalue weighted by Crippen LogP contribution is 2.32. The predicted molar refractivity (Wildman–Crippen MR) is 61.6 cm³/mol. The summed E-state index contributed by atoms with van der Waals surface area (Å²) in [6, 6.07) is 0.142. The standard InChI is InChI=1S/C10H17BrN2O2/c1-6(2)13-8(7(11)5-12-13)9(14)10(3,4)15/h5-6,9,14-15H,1-4H3. The third kappa shape index (κ3) is 2.59. The normalized spacial score (nSPS) is 14.7. The van der Waals surface area contributed by atoms with Crippen LogP contribution in [-0.2, 0) is 0 Å². The van der Waals surface area contributed by atoms with Crippen LogP contribution in [-0.4, -0.2) is 25.6 Å². The van der Waals surface area contributed by atoms with E-state index >= 15 is 0 Å². The van der Waals surface area contributed by atoms with Gasteiger partial charge in [0.2, 0.25) is 0 Å². The lowest BCUT2D eigenvalue weighted by Gasteiger charge is -2.26. The lowest BCUT2D eigenvalue weighted by molar-refractivity contribution is -0.0545. The van der Waals surface area contributed by atoms with Crippen molar-refractivity contribution in [2.45, 2.75) is 45.4 Å². The average Bonchev–Trinajstić information content (AvgIpc) is 2.44. The zero-order valence-corrected chi connectivity index (χ0v) is 11.0. The van der Waals surface area contributed by atoms with Crippen molar-refractivity contribution in [1.82, 2.24) is 9.78 Å². The summed E-state index contributed by atoms with van der Waals surface area (Å²) >= 11 is 3.32. The molecule has 0 aliphatic carbocycles. The van der Waals surface area contributed by atoms with E-state index in [1.54, 1.807) is 24.7 Å². The van der Waals surface area contributed by atoms with Gasteiger partial charge in [0, 0.05) is 6.04 Å². The molecule has 0 saturated carbocycles. The third-order valence-corrected chi connectivity index (χ3v) is 2.82. The molecule has 1 heterocycles. The summed E-state index contributed by atoms with van der Waals surface area (Å²) in [5.74, 6) is 0. The van der Waals surface area contributed by atoms with E-state index in [-0.39, 0.29) is 6.04 Å². The van der Waals surface area contributed by atoms with Gasteiger partial charge in [-0.25, -0.2) is 0 Å². The first-order chi connectivity index (χ1) is 6.75. The van der Waals surface area contributed by atoms with Gasteiger partial charge in [-0.15, -0.1) is 0 Å². The molecule has 0 aromatic carbocycles. The van der Waals surface area contributed by atoms with Crippen molar-refractivity contribution in [1.29, 1.82) is 0 Å². The second-order valence-electron chi connectivity index (χ2n) is 4.47. The van der Waals surface area contributed by atoms with Crippen LogP contribution in [0.25, 0.3) is 0 Å². The topological polar surface area (TPSA) is 58.3 Å². The van der Waals surface area contributed by atoms with E-state index in [2.05, 4.69) is 21.0 Å². The fraction of sp³-hybridized carbons (Fsp3) is 0.700. The lowest BCUT2D eigenvalue weighted by atomic mass is 9.99. The number of aliphatic hydroxyl groups is 2. The smallest absolute Gasteiger partial charge is 0.125 e. The Labute approximate surface area is 98.0 Å². The molecule has 15 heavy (non-hydrogen) atoms. The summed E-state index contributed by atoms with van der Waals surface area (Å²) in [6.07, 6.45) is 0.668. The van der Waals surface area contributed by atoms with Crippen LogP contribution in [0.1, 0.15) is 45.5 Å². The van der Waals surface area contributed by atoms with Crippen LogP contribution in [0, 0.1) is 0 Å². The molecule has 0 saturated heterocycles. The van der Waals surface area contributed by atoms with Gasteiger partial charge in [0.25, 0.3) is 0 Å². The first-order valence-corrected chi connectivity index (χ1v) is 5.67. The first kappa shape index (κ1) is 12.7. The van der Waals surface area contributed by atoms with Gasteiger partial charge in [-0.3, -0.25) is 4.68 Å². The van der Waals surface area contributed by atoms with Gasteiger partial charge >= 0.3 is 0 Å². The number of hydrogen-bond acceptors (Lipinski definition) is 3. The maximum Gasteiger partial charge on any atom is 0.125 e. The summed E-state index contributed by atoms with van der Waals surface area (Å²) in [5.41, 5.74) is -0.577. The molecule has 0 aliphatic heterocycles. The minimum atomic E-state index is -1.19. The quantitative estimate of drug-likeness (QED) is 0.888. The summed E-state index contributed by atoms with van der Waals surface area (Å²) in [5, 5.41) is 23.9. The fourth-order valence-electron chi connectivity index (χ4n) is 1.35. The summed E-state index contributed by atoms with van der Waals surface area (Å²) in [4.78, 5) is 0. The molecule has 1 atom stereocenters. The Morgan fingerprint density at radius 3 is 2.40 bits per heavy atom. The Balaban J connectivity index is 3.18. The minimum absolute atomic E-state index is 0.142. The van der Waals surface area contributed by atoms with E-state index < -0.39 is 11.7 Å². The van der Waals surface area contributed by atoms with E-state index in [1.165, 1.54) is 0 Å². The molecule has 2 N–H and O–H groups in total. The molecule has 0 amide bonds. The van der Waals surface area contributed by atoms with Crippen molar-refractivity contribution in [3.05, 3.63) is 16.4 Å². The highest BCUT2D eigenvalue weighted by molar-refractivity contribution is 9.10. The van der Waals surface area contributed by atoms with E-state index in [9.17, 15) is 10.2 Å². The SMILES string of the molecule is CC(C)n1ncc(Br)c1C(O)C(C)(C)O. The van der Waals surface area contributed by atoms with Crippen LogP contribution in [0.15, 0.2) is 10.7 Å². The molecule has 0 aliphatic rings. The number of halogens is 1. The second-order valence-corrected chi connectivity index (χ2v) is 5.33. The van der Waals surface area contributed by atoms with Crippen molar-refractivity contribution in [2.24, 2.45) is 0 Å². The van der Waals surface area contributed by atoms with Crippen molar-refractivity contribution >= 4 is 15.9 Å². The van der Waals surface area contributed by atoms with Crippen molar-refractivity contribution in [3.8, 4) is 0 Å². The average molecular weight is 277 g/mol. The molecule has 1 aromatic rings. The van der Waals surface area contributed by atoms with Gasteiger partial charge in [-0.2, -0.15) is 5.10 Å². The number of aromatic nitrogens is 2. The molecule has 0 radical (unpaired) electrons. The van der Waals surface area contributed by atoms with Gasteiger partial charge in [0.15, 0.2) is 0 Å². The highest BCUT2D eigenvalue weighted by atomic mass is 79.9. The summed E-state index contributed by atoms with van der Waals surface area (Å²) in [7, 11) is 0. The van der Waals surface area contributed by atoms with Crippen LogP contribution in [0.2, 0.25) is 0 Å². The predicted octanol–water partition coefficient (Wildman–Crippen LogP) is 2.03. The molecule has 1 unspecified atom stereocenters. The Morgan fingerprint density at radius 1 is 1.47 bits per heavy atom. The van der Waals surface area contributed by atoms with Crippen LogP contribution in [0.3, 0.4) is 0 Å². The second kappa shape index (κ2) is 4.23. The van der Waals surface area contributed by atoms with Crippen LogP contribution < -0.4 is 0 Å². The van der Waals surface area contributed by atoms with Crippen molar-refractivity contribution < 1.29 is 10.2 Å². The van der Waals surface area contributed by atoms with Gasteiger partial charge in [0.1, 0.15) is 6.10 Å². The summed E-state index contributed by atoms with van der Waals surface area (Å²) < 4.78 is 2.41. The van der Waals surface area contributed by atoms with Crippen LogP contribution in [0.5, 0.6) is 0 Å². The number of nitrogens with zero attached hydrogens (tertiary/aromatic N) is 2. The zero-order valence-electron chi connectivity index (χ0n) is 9.40. The molecule has 0 fully saturated rings. The molecular weight excluding hydrogens is 260 g/mol. The molecule has 0 spiro atoms. The van der Waals surface area contributed by atoms with E-state index in [4.69, 9.17) is 0 Å². The van der Waals surface area contributed by atoms with E-state index in [0.717, 1.165) is 0 Å². The Kier molecular flexibility index (Phi) is 3.58. The highest BCUT2D eigenvalue weighted by Gasteiger charge is 2.31. The monoisotopic (exact) mass is 276 g/mol. The van der Waals surface area contributed by atoms with Crippen LogP contribution in [0.4, 0.5) is 0 Å². The lowest BCUT2D eigenvalue weighted by Crippen LogP contribution is -2.31. The molecule has 5 heteroatoms. The van der Waals surface area contributed by atoms with Crippen molar-refractivity contribution in [3.63, 3.8) is 0 Å².